The molecule has 1 N–H and O–H groups in total. The summed E-state index contributed by atoms with van der Waals surface area (Å²) in [5.41, 5.74) is -0.380. The maximum Gasteiger partial charge on any atom is 0.261 e. The third-order valence-electron chi connectivity index (χ3n) is 3.91. The molecule has 26 heavy (non-hydrogen) atoms. The molecule has 1 aromatic heterocycles. The molecule has 0 bridgehead atoms. The summed E-state index contributed by atoms with van der Waals surface area (Å²) in [6.07, 6.45) is 1.43. The number of carbonyl (C=O) groups excluding carboxylic acids is 1. The van der Waals surface area contributed by atoms with Gasteiger partial charge in [-0.05, 0) is 12.1 Å². The third kappa shape index (κ3) is 3.72. The van der Waals surface area contributed by atoms with E-state index in [1.807, 2.05) is 4.90 Å². The molecule has 7 nitrogen and oxygen atoms in total. The van der Waals surface area contributed by atoms with Gasteiger partial charge in [0.1, 0.15) is 22.9 Å². The number of benzene rings is 1. The number of anilines is 3. The highest BCUT2D eigenvalue weighted by Gasteiger charge is 2.21. The topological polar surface area (TPSA) is 70.6 Å². The van der Waals surface area contributed by atoms with Crippen molar-refractivity contribution in [1.82, 2.24) is 9.97 Å². The minimum atomic E-state index is -0.931. The Morgan fingerprint density at radius 1 is 1.23 bits per heavy atom. The van der Waals surface area contributed by atoms with Gasteiger partial charge in [0.15, 0.2) is 5.82 Å². The van der Waals surface area contributed by atoms with Crippen molar-refractivity contribution < 1.29 is 18.3 Å². The predicted molar refractivity (Wildman–Crippen MR) is 93.7 cm³/mol. The maximum atomic E-state index is 13.8. The van der Waals surface area contributed by atoms with E-state index < -0.39 is 23.1 Å². The number of carbonyl (C=O) groups is 1. The van der Waals surface area contributed by atoms with E-state index in [1.165, 1.54) is 12.3 Å². The van der Waals surface area contributed by atoms with Crippen LogP contribution in [0.2, 0.25) is 0 Å². The van der Waals surface area contributed by atoms with Gasteiger partial charge in [-0.2, -0.15) is 4.98 Å². The van der Waals surface area contributed by atoms with Crippen LogP contribution in [0, 0.1) is 11.6 Å². The van der Waals surface area contributed by atoms with Crippen molar-refractivity contribution in [2.24, 2.45) is 0 Å². The zero-order valence-electron chi connectivity index (χ0n) is 14.5. The van der Waals surface area contributed by atoms with Crippen LogP contribution in [0.4, 0.5) is 26.2 Å². The fraction of sp³-hybridized carbons (Fsp3) is 0.353. The number of ether oxygens (including phenoxy) is 1. The molecule has 0 spiro atoms. The number of nitrogens with zero attached hydrogens (tertiary/aromatic N) is 4. The molecule has 0 saturated carbocycles. The van der Waals surface area contributed by atoms with Crippen molar-refractivity contribution in [3.05, 3.63) is 41.6 Å². The van der Waals surface area contributed by atoms with Gasteiger partial charge in [0.25, 0.3) is 5.91 Å². The van der Waals surface area contributed by atoms with Crippen molar-refractivity contribution in [3.63, 3.8) is 0 Å². The summed E-state index contributed by atoms with van der Waals surface area (Å²) in [7, 11) is 3.51. The van der Waals surface area contributed by atoms with Crippen LogP contribution in [-0.4, -0.2) is 56.3 Å². The van der Waals surface area contributed by atoms with Crippen LogP contribution in [0.15, 0.2) is 24.4 Å². The quantitative estimate of drug-likeness (QED) is 0.895. The number of hydrogen-bond donors (Lipinski definition) is 1. The van der Waals surface area contributed by atoms with E-state index in [2.05, 4.69) is 15.3 Å². The van der Waals surface area contributed by atoms with Gasteiger partial charge in [0.2, 0.25) is 5.95 Å². The predicted octanol–water partition coefficient (Wildman–Crippen LogP) is 1.91. The van der Waals surface area contributed by atoms with Crippen LogP contribution in [0.1, 0.15) is 10.4 Å². The number of amides is 1. The lowest BCUT2D eigenvalue weighted by molar-refractivity contribution is 0.101. The van der Waals surface area contributed by atoms with Crippen molar-refractivity contribution >= 4 is 23.4 Å². The number of aromatic nitrogens is 2. The lowest BCUT2D eigenvalue weighted by Gasteiger charge is -2.28. The van der Waals surface area contributed by atoms with Gasteiger partial charge in [-0.3, -0.25) is 4.79 Å². The molecule has 2 aromatic rings. The summed E-state index contributed by atoms with van der Waals surface area (Å²) in [6.45, 7) is 2.51. The van der Waals surface area contributed by atoms with E-state index >= 15 is 0 Å². The minimum absolute atomic E-state index is 0.264. The minimum Gasteiger partial charge on any atom is -0.378 e. The Labute approximate surface area is 149 Å². The Kier molecular flexibility index (Phi) is 5.27. The van der Waals surface area contributed by atoms with Gasteiger partial charge in [0, 0.05) is 27.2 Å². The van der Waals surface area contributed by atoms with E-state index in [4.69, 9.17) is 4.74 Å². The van der Waals surface area contributed by atoms with E-state index in [-0.39, 0.29) is 5.69 Å². The molecule has 1 aromatic carbocycles. The van der Waals surface area contributed by atoms with Gasteiger partial charge in [-0.1, -0.05) is 6.07 Å². The summed E-state index contributed by atoms with van der Waals surface area (Å²) in [5, 5.41) is 2.49. The lowest BCUT2D eigenvalue weighted by Crippen LogP contribution is -2.37. The van der Waals surface area contributed by atoms with E-state index in [1.54, 1.807) is 19.0 Å². The Morgan fingerprint density at radius 3 is 2.50 bits per heavy atom. The third-order valence-corrected chi connectivity index (χ3v) is 3.91. The number of halogens is 2. The van der Waals surface area contributed by atoms with Crippen molar-refractivity contribution in [2.45, 2.75) is 0 Å². The highest BCUT2D eigenvalue weighted by Crippen LogP contribution is 2.25. The molecule has 3 rings (SSSR count). The van der Waals surface area contributed by atoms with Crippen LogP contribution in [0.3, 0.4) is 0 Å². The molecule has 9 heteroatoms. The average Bonchev–Trinajstić information content (AvgIpc) is 2.62. The first-order valence-corrected chi connectivity index (χ1v) is 8.10. The Hall–Kier alpha value is -2.81. The molecule has 1 saturated heterocycles. The molecular formula is C17H19F2N5O2. The summed E-state index contributed by atoms with van der Waals surface area (Å²) in [6, 6.07) is 3.26. The van der Waals surface area contributed by atoms with Gasteiger partial charge in [-0.25, -0.2) is 13.8 Å². The molecule has 0 unspecified atom stereocenters. The van der Waals surface area contributed by atoms with Crippen molar-refractivity contribution in [1.29, 1.82) is 0 Å². The molecular weight excluding hydrogens is 344 g/mol. The standard InChI is InChI=1S/C17H19F2N5O2/c1-23(2)15-13(10-20-17(22-15)24-6-8-26-9-7-24)21-16(25)14-11(18)4-3-5-12(14)19/h3-5,10H,6-9H2,1-2H3,(H,21,25). The molecule has 0 radical (unpaired) electrons. The van der Waals surface area contributed by atoms with Gasteiger partial charge in [-0.15, -0.1) is 0 Å². The molecule has 0 aliphatic carbocycles. The normalized spacial score (nSPS) is 14.2. The monoisotopic (exact) mass is 363 g/mol. The van der Waals surface area contributed by atoms with Gasteiger partial charge >= 0.3 is 0 Å². The molecule has 1 fully saturated rings. The fourth-order valence-corrected chi connectivity index (χ4v) is 2.61. The largest absolute Gasteiger partial charge is 0.378 e. The first kappa shape index (κ1) is 18.0. The Morgan fingerprint density at radius 2 is 1.88 bits per heavy atom. The van der Waals surface area contributed by atoms with Crippen molar-refractivity contribution in [3.8, 4) is 0 Å². The second-order valence-electron chi connectivity index (χ2n) is 5.95. The van der Waals surface area contributed by atoms with E-state index in [9.17, 15) is 13.6 Å². The Bertz CT molecular complexity index is 789. The highest BCUT2D eigenvalue weighted by atomic mass is 19.1. The molecule has 1 amide bonds. The second-order valence-corrected chi connectivity index (χ2v) is 5.95. The zero-order valence-corrected chi connectivity index (χ0v) is 14.5. The van der Waals surface area contributed by atoms with Gasteiger partial charge < -0.3 is 19.9 Å². The molecule has 1 aliphatic rings. The average molecular weight is 363 g/mol. The highest BCUT2D eigenvalue weighted by molar-refractivity contribution is 6.06. The molecule has 2 heterocycles. The second kappa shape index (κ2) is 7.61. The number of nitrogens with one attached hydrogen (secondary N) is 1. The van der Waals surface area contributed by atoms with E-state index in [0.29, 0.717) is 38.1 Å². The van der Waals surface area contributed by atoms with Crippen LogP contribution < -0.4 is 15.1 Å². The summed E-state index contributed by atoms with van der Waals surface area (Å²) >= 11 is 0. The first-order valence-electron chi connectivity index (χ1n) is 8.10. The summed E-state index contributed by atoms with van der Waals surface area (Å²) < 4.78 is 32.9. The molecule has 1 aliphatic heterocycles. The zero-order chi connectivity index (χ0) is 18.7. The lowest BCUT2D eigenvalue weighted by atomic mass is 10.2. The van der Waals surface area contributed by atoms with Crippen molar-refractivity contribution in [2.75, 3.05) is 55.5 Å². The molecule has 138 valence electrons. The summed E-state index contributed by atoms with van der Waals surface area (Å²) in [4.78, 5) is 24.7. The fourth-order valence-electron chi connectivity index (χ4n) is 2.61. The summed E-state index contributed by atoms with van der Waals surface area (Å²) in [5.74, 6) is -1.82. The van der Waals surface area contributed by atoms with Gasteiger partial charge in [0.05, 0.1) is 19.4 Å². The SMILES string of the molecule is CN(C)c1nc(N2CCOCC2)ncc1NC(=O)c1c(F)cccc1F. The van der Waals surface area contributed by atoms with Crippen LogP contribution in [0.25, 0.3) is 0 Å². The Balaban J connectivity index is 1.88. The smallest absolute Gasteiger partial charge is 0.261 e. The maximum absolute atomic E-state index is 13.8. The molecule has 0 atom stereocenters. The number of hydrogen-bond acceptors (Lipinski definition) is 6. The van der Waals surface area contributed by atoms with Crippen LogP contribution >= 0.6 is 0 Å². The van der Waals surface area contributed by atoms with E-state index in [0.717, 1.165) is 12.1 Å². The number of morpholine rings is 1. The first-order chi connectivity index (χ1) is 12.5. The van der Waals surface area contributed by atoms with Crippen LogP contribution in [0.5, 0.6) is 0 Å². The van der Waals surface area contributed by atoms with Crippen LogP contribution in [-0.2, 0) is 4.74 Å². The number of rotatable bonds is 4.